The Morgan fingerprint density at radius 2 is 1.80 bits per heavy atom. The van der Waals surface area contributed by atoms with Crippen LogP contribution in [0.4, 0.5) is 0 Å². The molecule has 154 valence electrons. The topological polar surface area (TPSA) is 69.6 Å². The van der Waals surface area contributed by atoms with Gasteiger partial charge in [0.05, 0.1) is 17.6 Å². The number of nitrogens with one attached hydrogen (secondary N) is 1. The maximum absolute atomic E-state index is 12.6. The highest BCUT2D eigenvalue weighted by atomic mass is 32.2. The average molecular weight is 439 g/mol. The minimum absolute atomic E-state index is 0.171. The van der Waals surface area contributed by atoms with Gasteiger partial charge in [0, 0.05) is 0 Å². The van der Waals surface area contributed by atoms with Gasteiger partial charge in [-0.1, -0.05) is 96.8 Å². The number of aliphatic hydroxyl groups excluding tert-OH is 1. The Bertz CT molecular complexity index is 959. The third kappa shape index (κ3) is 6.13. The van der Waals surface area contributed by atoms with E-state index in [2.05, 4.69) is 5.32 Å². The molecule has 1 aliphatic rings. The molecule has 0 aromatic heterocycles. The Morgan fingerprint density at radius 1 is 1.13 bits per heavy atom. The summed E-state index contributed by atoms with van der Waals surface area (Å²) >= 11 is 6.45. The van der Waals surface area contributed by atoms with E-state index < -0.39 is 6.04 Å². The molecule has 0 bridgehead atoms. The lowest BCUT2D eigenvalue weighted by molar-refractivity contribution is -0.129. The lowest BCUT2D eigenvalue weighted by Crippen LogP contribution is -2.45. The molecule has 3 rings (SSSR count). The number of rotatable bonds is 8. The fourth-order valence-electron chi connectivity index (χ4n) is 2.94. The van der Waals surface area contributed by atoms with Crippen molar-refractivity contribution >= 4 is 46.2 Å². The number of amides is 2. The summed E-state index contributed by atoms with van der Waals surface area (Å²) in [4.78, 5) is 26.8. The summed E-state index contributed by atoms with van der Waals surface area (Å²) in [6.07, 6.45) is 5.90. The Kier molecular flexibility index (Phi) is 7.96. The molecule has 2 aromatic rings. The van der Waals surface area contributed by atoms with Crippen molar-refractivity contribution in [1.82, 2.24) is 10.2 Å². The number of thioether (sulfide) groups is 1. The minimum atomic E-state index is -0.428. The van der Waals surface area contributed by atoms with Crippen molar-refractivity contribution in [1.29, 1.82) is 0 Å². The van der Waals surface area contributed by atoms with Crippen LogP contribution in [-0.4, -0.2) is 45.3 Å². The number of aliphatic hydroxyl groups is 1. The van der Waals surface area contributed by atoms with Crippen LogP contribution in [0.5, 0.6) is 0 Å². The van der Waals surface area contributed by atoms with E-state index >= 15 is 0 Å². The first kappa shape index (κ1) is 22.0. The van der Waals surface area contributed by atoms with Crippen molar-refractivity contribution < 1.29 is 14.7 Å². The van der Waals surface area contributed by atoms with Gasteiger partial charge in [-0.3, -0.25) is 14.5 Å². The first-order valence-electron chi connectivity index (χ1n) is 9.48. The van der Waals surface area contributed by atoms with E-state index in [9.17, 15) is 14.7 Å². The van der Waals surface area contributed by atoms with E-state index in [1.165, 1.54) is 16.7 Å². The van der Waals surface area contributed by atoms with Crippen molar-refractivity contribution in [2.75, 3.05) is 13.2 Å². The minimum Gasteiger partial charge on any atom is -0.394 e. The summed E-state index contributed by atoms with van der Waals surface area (Å²) in [6.45, 7) is -0.362. The van der Waals surface area contributed by atoms with Crippen molar-refractivity contribution in [3.05, 3.63) is 88.8 Å². The average Bonchev–Trinajstić information content (AvgIpc) is 3.02. The Labute approximate surface area is 185 Å². The van der Waals surface area contributed by atoms with Gasteiger partial charge in [-0.05, 0) is 23.6 Å². The molecule has 2 N–H and O–H groups in total. The quantitative estimate of drug-likeness (QED) is 0.489. The molecule has 1 fully saturated rings. The van der Waals surface area contributed by atoms with Crippen LogP contribution >= 0.6 is 24.0 Å². The molecular weight excluding hydrogens is 416 g/mol. The molecule has 0 saturated carbocycles. The SMILES string of the molecule is O=C(CN1C(=O)C(=CC=Cc2ccccc2)SC1=S)NC(CO)Cc1ccccc1. The van der Waals surface area contributed by atoms with Gasteiger partial charge in [0.2, 0.25) is 5.91 Å². The fraction of sp³-hybridized carbons (Fsp3) is 0.174. The summed E-state index contributed by atoms with van der Waals surface area (Å²) in [5.74, 6) is -0.649. The second kappa shape index (κ2) is 10.9. The summed E-state index contributed by atoms with van der Waals surface area (Å²) in [7, 11) is 0. The molecule has 7 heteroatoms. The second-order valence-electron chi connectivity index (χ2n) is 6.70. The van der Waals surface area contributed by atoms with Crippen molar-refractivity contribution in [2.45, 2.75) is 12.5 Å². The van der Waals surface area contributed by atoms with E-state index in [4.69, 9.17) is 12.2 Å². The molecule has 1 atom stereocenters. The highest BCUT2D eigenvalue weighted by Gasteiger charge is 2.33. The van der Waals surface area contributed by atoms with Gasteiger partial charge < -0.3 is 10.4 Å². The summed E-state index contributed by atoms with van der Waals surface area (Å²) in [6, 6.07) is 18.9. The van der Waals surface area contributed by atoms with Crippen LogP contribution < -0.4 is 5.32 Å². The largest absolute Gasteiger partial charge is 0.394 e. The maximum Gasteiger partial charge on any atom is 0.266 e. The van der Waals surface area contributed by atoms with E-state index in [0.29, 0.717) is 15.6 Å². The van der Waals surface area contributed by atoms with Crippen LogP contribution in [0.15, 0.2) is 77.7 Å². The first-order chi connectivity index (χ1) is 14.6. The van der Waals surface area contributed by atoms with E-state index in [0.717, 1.165) is 11.1 Å². The highest BCUT2D eigenvalue weighted by molar-refractivity contribution is 8.26. The normalized spacial score (nSPS) is 16.4. The van der Waals surface area contributed by atoms with E-state index in [1.807, 2.05) is 66.7 Å². The molecule has 30 heavy (non-hydrogen) atoms. The summed E-state index contributed by atoms with van der Waals surface area (Å²) in [5.41, 5.74) is 2.03. The van der Waals surface area contributed by atoms with Gasteiger partial charge in [0.25, 0.3) is 5.91 Å². The van der Waals surface area contributed by atoms with Crippen LogP contribution in [0.1, 0.15) is 11.1 Å². The van der Waals surface area contributed by atoms with Crippen LogP contribution in [-0.2, 0) is 16.0 Å². The molecule has 0 radical (unpaired) electrons. The number of hydrogen-bond acceptors (Lipinski definition) is 5. The number of hydrogen-bond donors (Lipinski definition) is 2. The van der Waals surface area contributed by atoms with Crippen LogP contribution in [0.3, 0.4) is 0 Å². The van der Waals surface area contributed by atoms with E-state index in [1.54, 1.807) is 12.2 Å². The molecule has 0 spiro atoms. The van der Waals surface area contributed by atoms with Gasteiger partial charge in [-0.2, -0.15) is 0 Å². The maximum atomic E-state index is 12.6. The molecule has 1 aliphatic heterocycles. The smallest absolute Gasteiger partial charge is 0.266 e. The molecular formula is C23H22N2O3S2. The molecule has 1 unspecified atom stereocenters. The molecule has 1 saturated heterocycles. The molecule has 1 heterocycles. The zero-order chi connectivity index (χ0) is 21.3. The molecule has 5 nitrogen and oxygen atoms in total. The first-order valence-corrected chi connectivity index (χ1v) is 10.7. The monoisotopic (exact) mass is 438 g/mol. The van der Waals surface area contributed by atoms with Crippen LogP contribution in [0.25, 0.3) is 6.08 Å². The van der Waals surface area contributed by atoms with Crippen molar-refractivity contribution in [3.8, 4) is 0 Å². The number of thiocarbonyl (C=S) groups is 1. The Hall–Kier alpha value is -2.74. The van der Waals surface area contributed by atoms with Gasteiger partial charge in [-0.15, -0.1) is 0 Å². The number of allylic oxidation sites excluding steroid dienone is 2. The molecule has 0 aliphatic carbocycles. The van der Waals surface area contributed by atoms with Crippen LogP contribution in [0, 0.1) is 0 Å². The zero-order valence-electron chi connectivity index (χ0n) is 16.2. The second-order valence-corrected chi connectivity index (χ2v) is 8.37. The fourth-order valence-corrected chi connectivity index (χ4v) is 4.14. The Morgan fingerprint density at radius 3 is 2.47 bits per heavy atom. The lowest BCUT2D eigenvalue weighted by atomic mass is 10.1. The highest BCUT2D eigenvalue weighted by Crippen LogP contribution is 2.30. The molecule has 2 aromatic carbocycles. The lowest BCUT2D eigenvalue weighted by Gasteiger charge is -2.19. The van der Waals surface area contributed by atoms with E-state index in [-0.39, 0.29) is 25.0 Å². The third-order valence-corrected chi connectivity index (χ3v) is 5.82. The predicted molar refractivity (Wildman–Crippen MR) is 125 cm³/mol. The molecule has 2 amide bonds. The van der Waals surface area contributed by atoms with Gasteiger partial charge >= 0.3 is 0 Å². The summed E-state index contributed by atoms with van der Waals surface area (Å²) in [5, 5.41) is 12.4. The van der Waals surface area contributed by atoms with Crippen LogP contribution in [0.2, 0.25) is 0 Å². The van der Waals surface area contributed by atoms with Gasteiger partial charge in [0.1, 0.15) is 10.9 Å². The van der Waals surface area contributed by atoms with Crippen molar-refractivity contribution in [2.24, 2.45) is 0 Å². The Balaban J connectivity index is 1.57. The van der Waals surface area contributed by atoms with Crippen molar-refractivity contribution in [3.63, 3.8) is 0 Å². The van der Waals surface area contributed by atoms with Gasteiger partial charge in [0.15, 0.2) is 0 Å². The third-order valence-electron chi connectivity index (χ3n) is 4.42. The zero-order valence-corrected chi connectivity index (χ0v) is 17.9. The number of benzene rings is 2. The number of carbonyl (C=O) groups excluding carboxylic acids is 2. The standard InChI is InChI=1S/C23H22N2O3S2/c26-16-19(14-18-10-5-2-6-11-18)24-21(27)15-25-22(28)20(30-23(25)29)13-7-12-17-8-3-1-4-9-17/h1-13,19,26H,14-16H2,(H,24,27). The number of carbonyl (C=O) groups is 2. The predicted octanol–water partition coefficient (Wildman–Crippen LogP) is 3.16. The van der Waals surface area contributed by atoms with Gasteiger partial charge in [-0.25, -0.2) is 0 Å². The summed E-state index contributed by atoms with van der Waals surface area (Å²) < 4.78 is 0.345. The number of nitrogens with zero attached hydrogens (tertiary/aromatic N) is 1.